The van der Waals surface area contributed by atoms with Crippen molar-refractivity contribution < 1.29 is 51.3 Å². The summed E-state index contributed by atoms with van der Waals surface area (Å²) in [6.07, 6.45) is 0.878. The van der Waals surface area contributed by atoms with Gasteiger partial charge in [-0.3, -0.25) is 0 Å². The second-order valence-corrected chi connectivity index (χ2v) is 22.0. The number of hydrogen-bond acceptors (Lipinski definition) is 15. The van der Waals surface area contributed by atoms with Gasteiger partial charge in [0.2, 0.25) is 9.84 Å². The molecule has 3 aliphatic heterocycles. The van der Waals surface area contributed by atoms with E-state index in [2.05, 4.69) is 36.4 Å². The minimum Gasteiger partial charge on any atom is -0.465 e. The first-order valence-corrected chi connectivity index (χ1v) is 27.0. The van der Waals surface area contributed by atoms with Crippen molar-refractivity contribution in [3.63, 3.8) is 0 Å². The second kappa shape index (κ2) is 22.2. The third kappa shape index (κ3) is 10.3. The Bertz CT molecular complexity index is 3620. The van der Waals surface area contributed by atoms with Crippen LogP contribution in [-0.4, -0.2) is 60.7 Å². The lowest BCUT2D eigenvalue weighted by Crippen LogP contribution is -2.13. The van der Waals surface area contributed by atoms with Crippen molar-refractivity contribution in [2.75, 3.05) is 28.4 Å². The fourth-order valence-electron chi connectivity index (χ4n) is 8.11. The molecule has 1 aromatic heterocycles. The molecular formula is C57H42O11S5. The molecule has 0 saturated carbocycles. The van der Waals surface area contributed by atoms with Crippen LogP contribution in [0.2, 0.25) is 0 Å². The average molecular weight is 1060 g/mol. The van der Waals surface area contributed by atoms with Crippen LogP contribution in [0.5, 0.6) is 11.5 Å². The van der Waals surface area contributed by atoms with Gasteiger partial charge < -0.3 is 23.7 Å². The van der Waals surface area contributed by atoms with Gasteiger partial charge in [-0.1, -0.05) is 132 Å². The van der Waals surface area contributed by atoms with Gasteiger partial charge in [-0.25, -0.2) is 27.6 Å². The third-order valence-corrected chi connectivity index (χ3v) is 18.6. The Hall–Kier alpha value is -7.34. The summed E-state index contributed by atoms with van der Waals surface area (Å²) in [4.78, 5) is 52.5. The maximum Gasteiger partial charge on any atom is 0.339 e. The molecule has 0 bridgehead atoms. The number of thiophene rings is 1. The van der Waals surface area contributed by atoms with Crippen LogP contribution in [0.15, 0.2) is 209 Å². The lowest BCUT2D eigenvalue weighted by Gasteiger charge is -2.20. The molecule has 9 aromatic rings. The number of benzene rings is 8. The molecule has 4 heterocycles. The first-order valence-electron chi connectivity index (χ1n) is 22.3. The van der Waals surface area contributed by atoms with E-state index in [0.29, 0.717) is 32.2 Å². The molecule has 366 valence electrons. The second-order valence-electron chi connectivity index (χ2n) is 15.9. The van der Waals surface area contributed by atoms with Gasteiger partial charge in [0.1, 0.15) is 11.5 Å². The summed E-state index contributed by atoms with van der Waals surface area (Å²) in [5, 5.41) is 2.31. The number of carbonyl (C=O) groups excluding carboxylic acids is 4. The number of esters is 4. The number of ether oxygens (including phenoxy) is 5. The van der Waals surface area contributed by atoms with Crippen molar-refractivity contribution in [3.05, 3.63) is 203 Å². The van der Waals surface area contributed by atoms with E-state index in [9.17, 15) is 27.6 Å². The van der Waals surface area contributed by atoms with Gasteiger partial charge in [0.15, 0.2) is 0 Å². The van der Waals surface area contributed by atoms with E-state index in [1.165, 1.54) is 84.1 Å². The molecule has 0 aliphatic carbocycles. The molecule has 0 N–H and O–H groups in total. The van der Waals surface area contributed by atoms with Crippen LogP contribution in [0.25, 0.3) is 20.2 Å². The van der Waals surface area contributed by atoms with Crippen LogP contribution in [0.1, 0.15) is 52.6 Å². The van der Waals surface area contributed by atoms with Crippen LogP contribution in [-0.2, 0) is 35.2 Å². The maximum absolute atomic E-state index is 12.6. The molecule has 0 fully saturated rings. The number of hydrogen-bond donors (Lipinski definition) is 0. The number of fused-ring (bicyclic) bond motifs is 9. The molecule has 0 radical (unpaired) electrons. The minimum atomic E-state index is -3.59. The zero-order valence-corrected chi connectivity index (χ0v) is 43.5. The Balaban J connectivity index is 0.000000120. The van der Waals surface area contributed by atoms with Crippen molar-refractivity contribution in [2.45, 2.75) is 45.6 Å². The number of rotatable bonds is 4. The van der Waals surface area contributed by atoms with E-state index in [-0.39, 0.29) is 33.3 Å². The largest absolute Gasteiger partial charge is 0.465 e. The van der Waals surface area contributed by atoms with E-state index >= 15 is 0 Å². The number of methoxy groups -OCH3 is 4. The highest BCUT2D eigenvalue weighted by atomic mass is 32.2. The van der Waals surface area contributed by atoms with Crippen LogP contribution in [0.3, 0.4) is 0 Å². The maximum atomic E-state index is 12.6. The first kappa shape index (κ1) is 50.6. The van der Waals surface area contributed by atoms with E-state index < -0.39 is 15.8 Å². The standard InChI is InChI=1S/C15H12O2S.C14H10O4S2.C14H10O3S.C14H10O2S/c1-17-15(16)12-7-4-6-11-9-10-5-2-3-8-13(10)18-14(11)12;1-18-14(15)9-5-4-8-12-13(9)19-10-6-2-3-7-11(10)20(12,16)17;1-16-14(15)9-5-4-7-11-13(9)18-12-8-3-2-6-10(12)17-11;1-16-14(15)11-7-4-6-10-9-5-2-3-8-12(9)17-13(10)11/h2-8H,9H2,1H3;2-8H,1H3;2-8H,1H3;2-8H,1H3. The summed E-state index contributed by atoms with van der Waals surface area (Å²) in [6.45, 7) is 0. The Kier molecular flexibility index (Phi) is 15.4. The summed E-state index contributed by atoms with van der Waals surface area (Å²) in [5.41, 5.74) is 4.63. The van der Waals surface area contributed by atoms with Crippen LogP contribution < -0.4 is 4.74 Å². The highest BCUT2D eigenvalue weighted by molar-refractivity contribution is 8.02. The molecule has 12 rings (SSSR count). The molecule has 16 heteroatoms. The van der Waals surface area contributed by atoms with Crippen molar-refractivity contribution in [1.82, 2.24) is 0 Å². The smallest absolute Gasteiger partial charge is 0.339 e. The third-order valence-electron chi connectivity index (χ3n) is 11.6. The van der Waals surface area contributed by atoms with Gasteiger partial charge in [0, 0.05) is 35.1 Å². The van der Waals surface area contributed by atoms with Crippen molar-refractivity contribution in [3.8, 4) is 11.5 Å². The summed E-state index contributed by atoms with van der Waals surface area (Å²) in [6, 6.07) is 52.6. The van der Waals surface area contributed by atoms with E-state index in [1.54, 1.807) is 71.6 Å². The van der Waals surface area contributed by atoms with Crippen LogP contribution in [0.4, 0.5) is 0 Å². The Morgan fingerprint density at radius 2 is 0.890 bits per heavy atom. The van der Waals surface area contributed by atoms with Gasteiger partial charge in [0.05, 0.1) is 75.0 Å². The molecule has 11 nitrogen and oxygen atoms in total. The van der Waals surface area contributed by atoms with Gasteiger partial charge in [-0.2, -0.15) is 0 Å². The fourth-order valence-corrected chi connectivity index (χ4v) is 14.8. The van der Waals surface area contributed by atoms with Crippen LogP contribution >= 0.6 is 46.6 Å². The predicted molar refractivity (Wildman–Crippen MR) is 284 cm³/mol. The van der Waals surface area contributed by atoms with Crippen molar-refractivity contribution in [1.29, 1.82) is 0 Å². The predicted octanol–water partition coefficient (Wildman–Crippen LogP) is 13.9. The van der Waals surface area contributed by atoms with Gasteiger partial charge in [0.25, 0.3) is 0 Å². The zero-order valence-electron chi connectivity index (χ0n) is 39.4. The summed E-state index contributed by atoms with van der Waals surface area (Å²) in [5.74, 6) is 0.0887. The molecule has 0 amide bonds. The Labute approximate surface area is 437 Å². The quantitative estimate of drug-likeness (QED) is 0.122. The Morgan fingerprint density at radius 3 is 1.62 bits per heavy atom. The van der Waals surface area contributed by atoms with Crippen molar-refractivity contribution in [2.24, 2.45) is 0 Å². The lowest BCUT2D eigenvalue weighted by molar-refractivity contribution is 0.0587. The normalized spacial score (nSPS) is 12.7. The van der Waals surface area contributed by atoms with E-state index in [0.717, 1.165) is 36.9 Å². The summed E-state index contributed by atoms with van der Waals surface area (Å²) < 4.78 is 52.3. The molecule has 0 atom stereocenters. The molecule has 3 aliphatic rings. The molecule has 73 heavy (non-hydrogen) atoms. The molecule has 0 unspecified atom stereocenters. The average Bonchev–Trinajstić information content (AvgIpc) is 3.82. The van der Waals surface area contributed by atoms with Crippen LogP contribution in [0, 0.1) is 0 Å². The van der Waals surface area contributed by atoms with Gasteiger partial charge in [-0.15, -0.1) is 11.3 Å². The monoisotopic (exact) mass is 1060 g/mol. The van der Waals surface area contributed by atoms with Gasteiger partial charge >= 0.3 is 23.9 Å². The number of sulfone groups is 1. The summed E-state index contributed by atoms with van der Waals surface area (Å²) in [7, 11) is 1.89. The van der Waals surface area contributed by atoms with E-state index in [4.69, 9.17) is 23.7 Å². The van der Waals surface area contributed by atoms with Gasteiger partial charge in [-0.05, 0) is 90.3 Å². The molecule has 0 saturated heterocycles. The number of carbonyl (C=O) groups is 4. The molecule has 8 aromatic carbocycles. The minimum absolute atomic E-state index is 0.157. The topological polar surface area (TPSA) is 149 Å². The SMILES string of the molecule is COC(=O)c1cccc2c1Sc1ccccc1C2.COC(=O)c1cccc2c1Sc1ccccc1O2.COC(=O)c1cccc2c1Sc1ccccc1S2(=O)=O.COC(=O)c1cccc2c1sc1ccccc12. The number of para-hydroxylation sites is 1. The Morgan fingerprint density at radius 1 is 0.425 bits per heavy atom. The zero-order chi connectivity index (χ0) is 51.2. The fraction of sp³-hybridized carbons (Fsp3) is 0.0877. The van der Waals surface area contributed by atoms with E-state index in [1.807, 2.05) is 78.9 Å². The highest BCUT2D eigenvalue weighted by Crippen LogP contribution is 2.49. The first-order chi connectivity index (χ1) is 35.4. The van der Waals surface area contributed by atoms with Crippen molar-refractivity contribution >= 4 is 101 Å². The molecule has 0 spiro atoms. The molecular weight excluding hydrogens is 1020 g/mol. The summed E-state index contributed by atoms with van der Waals surface area (Å²) >= 11 is 6.09. The highest BCUT2D eigenvalue weighted by Gasteiger charge is 2.33. The lowest BCUT2D eigenvalue weighted by atomic mass is 10.0.